The Morgan fingerprint density at radius 3 is 2.08 bits per heavy atom. The zero-order valence-electron chi connectivity index (χ0n) is 22.5. The Morgan fingerprint density at radius 1 is 0.897 bits per heavy atom. The van der Waals surface area contributed by atoms with Gasteiger partial charge in [-0.1, -0.05) is 57.2 Å². The van der Waals surface area contributed by atoms with Crippen LogP contribution in [0.5, 0.6) is 11.5 Å². The van der Waals surface area contributed by atoms with Crippen molar-refractivity contribution in [2.24, 2.45) is 0 Å². The molecule has 0 aromatic heterocycles. The van der Waals surface area contributed by atoms with Gasteiger partial charge in [0.1, 0.15) is 17.3 Å². The molecule has 1 saturated heterocycles. The van der Waals surface area contributed by atoms with Crippen molar-refractivity contribution in [2.75, 3.05) is 19.1 Å². The van der Waals surface area contributed by atoms with Crippen molar-refractivity contribution in [3.05, 3.63) is 94.6 Å². The predicted octanol–water partition coefficient (Wildman–Crippen LogP) is 5.25. The van der Waals surface area contributed by atoms with E-state index in [0.717, 1.165) is 5.56 Å². The van der Waals surface area contributed by atoms with E-state index in [0.29, 0.717) is 28.3 Å². The van der Waals surface area contributed by atoms with E-state index < -0.39 is 23.7 Å². The number of aliphatic hydroxyl groups excluding tert-OH is 1. The molecule has 1 fully saturated rings. The maximum Gasteiger partial charge on any atom is 0.307 e. The summed E-state index contributed by atoms with van der Waals surface area (Å²) < 4.78 is 10.7. The van der Waals surface area contributed by atoms with Gasteiger partial charge in [-0.05, 0) is 52.4 Å². The fourth-order valence-corrected chi connectivity index (χ4v) is 4.67. The number of hydrogen-bond acceptors (Lipinski definition) is 6. The van der Waals surface area contributed by atoms with Crippen LogP contribution in [0.2, 0.25) is 0 Å². The molecule has 0 saturated carbocycles. The Labute approximate surface area is 227 Å². The topological polar surface area (TPSA) is 113 Å². The lowest BCUT2D eigenvalue weighted by Gasteiger charge is -2.27. The van der Waals surface area contributed by atoms with E-state index in [1.54, 1.807) is 42.5 Å². The molecule has 4 rings (SSSR count). The molecule has 2 N–H and O–H groups in total. The molecule has 1 unspecified atom stereocenters. The molecule has 3 aromatic carbocycles. The van der Waals surface area contributed by atoms with Crippen LogP contribution in [0.15, 0.2) is 72.3 Å². The van der Waals surface area contributed by atoms with Gasteiger partial charge in [0.2, 0.25) is 0 Å². The number of ketones is 1. The number of Topliss-reactive ketones (excluding diaryl/α,β-unsaturated/α-hetero) is 1. The van der Waals surface area contributed by atoms with E-state index in [4.69, 9.17) is 14.6 Å². The maximum absolute atomic E-state index is 13.5. The second-order valence-corrected chi connectivity index (χ2v) is 10.3. The maximum atomic E-state index is 13.5. The van der Waals surface area contributed by atoms with Gasteiger partial charge in [0.05, 0.1) is 37.8 Å². The number of anilines is 1. The van der Waals surface area contributed by atoms with Crippen molar-refractivity contribution in [3.63, 3.8) is 0 Å². The van der Waals surface area contributed by atoms with Crippen LogP contribution in [0.1, 0.15) is 49.1 Å². The molecule has 8 heteroatoms. The highest BCUT2D eigenvalue weighted by molar-refractivity contribution is 6.51. The van der Waals surface area contributed by atoms with Gasteiger partial charge in [-0.3, -0.25) is 19.3 Å². The van der Waals surface area contributed by atoms with Crippen LogP contribution in [-0.4, -0.2) is 42.1 Å². The van der Waals surface area contributed by atoms with Gasteiger partial charge in [-0.25, -0.2) is 0 Å². The summed E-state index contributed by atoms with van der Waals surface area (Å²) in [6.45, 7) is 6.26. The summed E-state index contributed by atoms with van der Waals surface area (Å²) in [7, 11) is 2.92. The average Bonchev–Trinajstić information content (AvgIpc) is 3.17. The molecule has 1 aliphatic rings. The number of nitrogens with zero attached hydrogens (tertiary/aromatic N) is 1. The van der Waals surface area contributed by atoms with Crippen LogP contribution >= 0.6 is 0 Å². The smallest absolute Gasteiger partial charge is 0.307 e. The number of carboxylic acids is 1. The van der Waals surface area contributed by atoms with Crippen molar-refractivity contribution in [1.29, 1.82) is 0 Å². The second-order valence-electron chi connectivity index (χ2n) is 10.3. The molecule has 39 heavy (non-hydrogen) atoms. The Balaban J connectivity index is 1.93. The standard InChI is InChI=1S/C31H31NO7/c1-31(2,3)20-10-8-19(9-11-20)27-26(28(35)23-17-22(38-4)14-15-24(23)39-5)29(36)30(37)32(27)21-12-6-18(7-13-21)16-25(33)34/h6-15,17,27,35H,16H2,1-5H3,(H,33,34)/b28-26+. The lowest BCUT2D eigenvalue weighted by atomic mass is 9.85. The molecule has 0 bridgehead atoms. The second kappa shape index (κ2) is 10.6. The van der Waals surface area contributed by atoms with Crippen LogP contribution in [0.25, 0.3) is 5.76 Å². The molecule has 1 amide bonds. The number of methoxy groups -OCH3 is 2. The minimum Gasteiger partial charge on any atom is -0.507 e. The Hall–Kier alpha value is -4.59. The van der Waals surface area contributed by atoms with E-state index in [9.17, 15) is 19.5 Å². The summed E-state index contributed by atoms with van der Waals surface area (Å²) in [5, 5.41) is 20.7. The molecule has 0 spiro atoms. The summed E-state index contributed by atoms with van der Waals surface area (Å²) in [6.07, 6.45) is -0.174. The van der Waals surface area contributed by atoms with Crippen molar-refractivity contribution < 1.29 is 34.1 Å². The quantitative estimate of drug-likeness (QED) is 0.244. The van der Waals surface area contributed by atoms with E-state index in [-0.39, 0.29) is 28.7 Å². The van der Waals surface area contributed by atoms with E-state index in [1.165, 1.54) is 19.1 Å². The number of carbonyl (C=O) groups is 3. The first-order chi connectivity index (χ1) is 18.5. The molecule has 202 valence electrons. The molecule has 8 nitrogen and oxygen atoms in total. The molecule has 1 atom stereocenters. The number of rotatable bonds is 7. The fourth-order valence-electron chi connectivity index (χ4n) is 4.67. The summed E-state index contributed by atoms with van der Waals surface area (Å²) in [4.78, 5) is 39.5. The SMILES string of the molecule is COc1ccc(OC)c(/C(O)=C2\C(=O)C(=O)N(c3ccc(CC(=O)O)cc3)C2c2ccc(C(C)(C)C)cc2)c1. The third kappa shape index (κ3) is 5.36. The van der Waals surface area contributed by atoms with Gasteiger partial charge < -0.3 is 19.7 Å². The minimum atomic E-state index is -0.977. The van der Waals surface area contributed by atoms with E-state index in [1.807, 2.05) is 24.3 Å². The number of aliphatic hydroxyl groups is 1. The van der Waals surface area contributed by atoms with Crippen LogP contribution in [0.3, 0.4) is 0 Å². The molecular weight excluding hydrogens is 498 g/mol. The minimum absolute atomic E-state index is 0.0929. The number of amides is 1. The Kier molecular flexibility index (Phi) is 7.49. The first kappa shape index (κ1) is 27.4. The van der Waals surface area contributed by atoms with Crippen LogP contribution in [-0.2, 0) is 26.2 Å². The highest BCUT2D eigenvalue weighted by Crippen LogP contribution is 2.44. The first-order valence-electron chi connectivity index (χ1n) is 12.4. The number of carbonyl (C=O) groups excluding carboxylic acids is 2. The Morgan fingerprint density at radius 2 is 1.54 bits per heavy atom. The number of aliphatic carboxylic acids is 1. The van der Waals surface area contributed by atoms with Gasteiger partial charge in [0.25, 0.3) is 11.7 Å². The number of carboxylic acid groups (broad SMARTS) is 1. The third-order valence-electron chi connectivity index (χ3n) is 6.77. The summed E-state index contributed by atoms with van der Waals surface area (Å²) in [6, 6.07) is 17.9. The number of hydrogen-bond donors (Lipinski definition) is 2. The summed E-state index contributed by atoms with van der Waals surface area (Å²) >= 11 is 0. The first-order valence-corrected chi connectivity index (χ1v) is 12.4. The van der Waals surface area contributed by atoms with Crippen LogP contribution in [0, 0.1) is 0 Å². The molecule has 1 aliphatic heterocycles. The normalized spacial score (nSPS) is 16.8. The highest BCUT2D eigenvalue weighted by atomic mass is 16.5. The zero-order valence-corrected chi connectivity index (χ0v) is 22.5. The summed E-state index contributed by atoms with van der Waals surface area (Å²) in [5.74, 6) is -2.29. The average molecular weight is 530 g/mol. The molecule has 0 radical (unpaired) electrons. The highest BCUT2D eigenvalue weighted by Gasteiger charge is 2.47. The molecule has 1 heterocycles. The van der Waals surface area contributed by atoms with Crippen molar-refractivity contribution >= 4 is 29.1 Å². The lowest BCUT2D eigenvalue weighted by molar-refractivity contribution is -0.136. The van der Waals surface area contributed by atoms with Gasteiger partial charge in [-0.2, -0.15) is 0 Å². The van der Waals surface area contributed by atoms with E-state index >= 15 is 0 Å². The largest absolute Gasteiger partial charge is 0.507 e. The summed E-state index contributed by atoms with van der Waals surface area (Å²) in [5.41, 5.74) is 2.64. The Bertz CT molecular complexity index is 1450. The van der Waals surface area contributed by atoms with Gasteiger partial charge >= 0.3 is 5.97 Å². The van der Waals surface area contributed by atoms with Crippen LogP contribution < -0.4 is 14.4 Å². The van der Waals surface area contributed by atoms with Gasteiger partial charge in [0.15, 0.2) is 0 Å². The van der Waals surface area contributed by atoms with Gasteiger partial charge in [0, 0.05) is 5.69 Å². The predicted molar refractivity (Wildman–Crippen MR) is 147 cm³/mol. The number of ether oxygens (including phenoxy) is 2. The van der Waals surface area contributed by atoms with Gasteiger partial charge in [-0.15, -0.1) is 0 Å². The van der Waals surface area contributed by atoms with E-state index in [2.05, 4.69) is 20.8 Å². The van der Waals surface area contributed by atoms with Crippen molar-refractivity contribution in [1.82, 2.24) is 0 Å². The third-order valence-corrected chi connectivity index (χ3v) is 6.77. The van der Waals surface area contributed by atoms with Crippen molar-refractivity contribution in [2.45, 2.75) is 38.6 Å². The lowest BCUT2D eigenvalue weighted by Crippen LogP contribution is -2.29. The monoisotopic (exact) mass is 529 g/mol. The number of benzene rings is 3. The molecular formula is C31H31NO7. The molecule has 3 aromatic rings. The van der Waals surface area contributed by atoms with Crippen molar-refractivity contribution in [3.8, 4) is 11.5 Å². The zero-order chi connectivity index (χ0) is 28.5. The van der Waals surface area contributed by atoms with Crippen LogP contribution in [0.4, 0.5) is 5.69 Å². The fraction of sp³-hybridized carbons (Fsp3) is 0.258. The molecule has 0 aliphatic carbocycles.